The first-order valence-electron chi connectivity index (χ1n) is 6.44. The van der Waals surface area contributed by atoms with E-state index in [1.165, 1.54) is 18.2 Å². The van der Waals surface area contributed by atoms with Crippen LogP contribution in [0.1, 0.15) is 32.3 Å². The van der Waals surface area contributed by atoms with Crippen LogP contribution in [-0.2, 0) is 6.54 Å². The molecule has 0 saturated carbocycles. The van der Waals surface area contributed by atoms with Gasteiger partial charge in [-0.1, -0.05) is 26.7 Å². The van der Waals surface area contributed by atoms with Crippen molar-refractivity contribution >= 4 is 0 Å². The van der Waals surface area contributed by atoms with E-state index in [9.17, 15) is 14.6 Å². The third-order valence-corrected chi connectivity index (χ3v) is 3.30. The maximum absolute atomic E-state index is 13.0. The van der Waals surface area contributed by atoms with E-state index in [1.54, 1.807) is 0 Å². The highest BCUT2D eigenvalue weighted by molar-refractivity contribution is 5.32. The molecule has 0 aliphatic rings. The smallest absolute Gasteiger partial charge is 0.123 e. The molecule has 0 amide bonds. The monoisotopic (exact) mass is 255 g/mol. The van der Waals surface area contributed by atoms with Crippen molar-refractivity contribution in [3.63, 3.8) is 0 Å². The van der Waals surface area contributed by atoms with Crippen LogP contribution in [0.25, 0.3) is 0 Å². The van der Waals surface area contributed by atoms with Gasteiger partial charge in [-0.25, -0.2) is 4.39 Å². The largest absolute Gasteiger partial charge is 0.508 e. The van der Waals surface area contributed by atoms with Crippen molar-refractivity contribution in [1.29, 1.82) is 0 Å². The number of halogens is 1. The molecule has 0 saturated heterocycles. The van der Waals surface area contributed by atoms with E-state index in [0.29, 0.717) is 18.7 Å². The Morgan fingerprint density at radius 3 is 2.56 bits per heavy atom. The molecular weight excluding hydrogens is 233 g/mol. The Labute approximate surface area is 108 Å². The van der Waals surface area contributed by atoms with E-state index >= 15 is 0 Å². The number of hydrogen-bond acceptors (Lipinski definition) is 3. The van der Waals surface area contributed by atoms with Crippen molar-refractivity contribution in [2.75, 3.05) is 6.54 Å². The van der Waals surface area contributed by atoms with Gasteiger partial charge in [0, 0.05) is 18.7 Å². The molecule has 0 bridgehead atoms. The molecular formula is C14H22FNO2. The number of rotatable bonds is 7. The number of aromatic hydroxyl groups is 1. The molecule has 0 fully saturated rings. The lowest BCUT2D eigenvalue weighted by atomic mass is 9.96. The summed E-state index contributed by atoms with van der Waals surface area (Å²) < 4.78 is 13.0. The zero-order valence-electron chi connectivity index (χ0n) is 11.0. The summed E-state index contributed by atoms with van der Waals surface area (Å²) in [4.78, 5) is 0. The lowest BCUT2D eigenvalue weighted by Gasteiger charge is -2.20. The second kappa shape index (κ2) is 7.34. The summed E-state index contributed by atoms with van der Waals surface area (Å²) in [7, 11) is 0. The maximum atomic E-state index is 13.0. The first-order chi connectivity index (χ1) is 8.58. The number of benzene rings is 1. The highest BCUT2D eigenvalue weighted by Gasteiger charge is 2.14. The minimum absolute atomic E-state index is 0.0703. The van der Waals surface area contributed by atoms with Crippen molar-refractivity contribution in [3.8, 4) is 5.75 Å². The van der Waals surface area contributed by atoms with E-state index < -0.39 is 6.10 Å². The molecule has 1 atom stereocenters. The number of nitrogens with one attached hydrogen (secondary N) is 1. The molecule has 0 aliphatic carbocycles. The molecule has 1 aromatic rings. The summed E-state index contributed by atoms with van der Waals surface area (Å²) in [5.74, 6) is -0.0235. The summed E-state index contributed by atoms with van der Waals surface area (Å²) in [6.45, 7) is 4.90. The lowest BCUT2D eigenvalue weighted by molar-refractivity contribution is 0.101. The third-order valence-electron chi connectivity index (χ3n) is 3.30. The highest BCUT2D eigenvalue weighted by Crippen LogP contribution is 2.18. The number of aliphatic hydroxyl groups excluding tert-OH is 1. The molecule has 1 rings (SSSR count). The molecule has 1 unspecified atom stereocenters. The maximum Gasteiger partial charge on any atom is 0.123 e. The van der Waals surface area contributed by atoms with Gasteiger partial charge in [-0.05, 0) is 24.1 Å². The molecule has 3 nitrogen and oxygen atoms in total. The van der Waals surface area contributed by atoms with Crippen molar-refractivity contribution < 1.29 is 14.6 Å². The molecule has 102 valence electrons. The Morgan fingerprint density at radius 1 is 1.28 bits per heavy atom. The fourth-order valence-corrected chi connectivity index (χ4v) is 2.05. The Balaban J connectivity index is 2.44. The van der Waals surface area contributed by atoms with Crippen molar-refractivity contribution in [2.24, 2.45) is 5.92 Å². The predicted octanol–water partition coefficient (Wildman–Crippen LogP) is 2.42. The lowest BCUT2D eigenvalue weighted by Crippen LogP contribution is -2.32. The van der Waals surface area contributed by atoms with Gasteiger partial charge in [0.15, 0.2) is 0 Å². The number of aliphatic hydroxyl groups is 1. The number of hydrogen-bond donors (Lipinski definition) is 3. The van der Waals surface area contributed by atoms with Crippen LogP contribution >= 0.6 is 0 Å². The average Bonchev–Trinajstić information content (AvgIpc) is 2.35. The summed E-state index contributed by atoms with van der Waals surface area (Å²) in [5, 5.41) is 22.5. The Bertz CT molecular complexity index is 367. The topological polar surface area (TPSA) is 52.5 Å². The quantitative estimate of drug-likeness (QED) is 0.701. The fraction of sp³-hybridized carbons (Fsp3) is 0.571. The van der Waals surface area contributed by atoms with Gasteiger partial charge in [0.1, 0.15) is 11.6 Å². The van der Waals surface area contributed by atoms with Gasteiger partial charge in [-0.2, -0.15) is 0 Å². The summed E-state index contributed by atoms with van der Waals surface area (Å²) >= 11 is 0. The predicted molar refractivity (Wildman–Crippen MR) is 69.9 cm³/mol. The molecule has 0 heterocycles. The average molecular weight is 255 g/mol. The van der Waals surface area contributed by atoms with Crippen LogP contribution in [-0.4, -0.2) is 22.9 Å². The first kappa shape index (κ1) is 14.9. The number of phenolic OH excluding ortho intramolecular Hbond substituents is 1. The van der Waals surface area contributed by atoms with Gasteiger partial charge in [0.25, 0.3) is 0 Å². The molecule has 3 N–H and O–H groups in total. The van der Waals surface area contributed by atoms with Gasteiger partial charge >= 0.3 is 0 Å². The molecule has 0 aromatic heterocycles. The zero-order valence-corrected chi connectivity index (χ0v) is 11.0. The van der Waals surface area contributed by atoms with Crippen molar-refractivity contribution in [1.82, 2.24) is 5.32 Å². The minimum atomic E-state index is -0.407. The zero-order chi connectivity index (χ0) is 13.5. The van der Waals surface area contributed by atoms with Crippen LogP contribution in [0.3, 0.4) is 0 Å². The van der Waals surface area contributed by atoms with Gasteiger partial charge in [0.2, 0.25) is 0 Å². The fourth-order valence-electron chi connectivity index (χ4n) is 2.05. The third kappa shape index (κ3) is 4.27. The minimum Gasteiger partial charge on any atom is -0.508 e. The van der Waals surface area contributed by atoms with Crippen LogP contribution < -0.4 is 5.32 Å². The second-order valence-electron chi connectivity index (χ2n) is 4.55. The van der Waals surface area contributed by atoms with E-state index in [0.717, 1.165) is 12.8 Å². The standard InChI is InChI=1S/C14H22FNO2/c1-3-10(4-2)14(18)9-16-8-11-7-12(15)5-6-13(11)17/h5-7,10,14,16-18H,3-4,8-9H2,1-2H3. The van der Waals surface area contributed by atoms with Gasteiger partial charge < -0.3 is 15.5 Å². The van der Waals surface area contributed by atoms with Crippen molar-refractivity contribution in [3.05, 3.63) is 29.6 Å². The Kier molecular flexibility index (Phi) is 6.09. The second-order valence-corrected chi connectivity index (χ2v) is 4.55. The molecule has 4 heteroatoms. The highest BCUT2D eigenvalue weighted by atomic mass is 19.1. The summed E-state index contributed by atoms with van der Waals surface area (Å²) in [6, 6.07) is 3.85. The summed E-state index contributed by atoms with van der Waals surface area (Å²) in [6.07, 6.45) is 1.46. The van der Waals surface area contributed by atoms with Crippen LogP contribution in [0.15, 0.2) is 18.2 Å². The molecule has 0 spiro atoms. The van der Waals surface area contributed by atoms with Crippen LogP contribution in [0.2, 0.25) is 0 Å². The van der Waals surface area contributed by atoms with Gasteiger partial charge in [-0.15, -0.1) is 0 Å². The number of phenols is 1. The van der Waals surface area contributed by atoms with Gasteiger partial charge in [-0.3, -0.25) is 0 Å². The summed E-state index contributed by atoms with van der Waals surface area (Å²) in [5.41, 5.74) is 0.506. The van der Waals surface area contributed by atoms with Crippen LogP contribution in [0.5, 0.6) is 5.75 Å². The van der Waals surface area contributed by atoms with E-state index in [4.69, 9.17) is 0 Å². The molecule has 1 aromatic carbocycles. The van der Waals surface area contributed by atoms with Gasteiger partial charge in [0.05, 0.1) is 6.10 Å². The van der Waals surface area contributed by atoms with E-state index in [-0.39, 0.29) is 17.5 Å². The van der Waals surface area contributed by atoms with Crippen molar-refractivity contribution in [2.45, 2.75) is 39.3 Å². The van der Waals surface area contributed by atoms with E-state index in [2.05, 4.69) is 19.2 Å². The molecule has 0 aliphatic heterocycles. The first-order valence-corrected chi connectivity index (χ1v) is 6.44. The Morgan fingerprint density at radius 2 is 1.94 bits per heavy atom. The normalized spacial score (nSPS) is 12.9. The molecule has 0 radical (unpaired) electrons. The van der Waals surface area contributed by atoms with Crippen LogP contribution in [0.4, 0.5) is 4.39 Å². The van der Waals surface area contributed by atoms with Crippen LogP contribution in [0, 0.1) is 11.7 Å². The Hall–Kier alpha value is -1.13. The molecule has 18 heavy (non-hydrogen) atoms. The van der Waals surface area contributed by atoms with E-state index in [1.807, 2.05) is 0 Å². The SMILES string of the molecule is CCC(CC)C(O)CNCc1cc(F)ccc1O.